The monoisotopic (exact) mass is 524 g/mol. The predicted octanol–water partition coefficient (Wildman–Crippen LogP) is 5.97. The van der Waals surface area contributed by atoms with Crippen LogP contribution in [0.3, 0.4) is 0 Å². The van der Waals surface area contributed by atoms with Crippen LogP contribution >= 0.6 is 11.8 Å². The number of benzene rings is 3. The van der Waals surface area contributed by atoms with E-state index in [9.17, 15) is 13.2 Å². The van der Waals surface area contributed by atoms with Gasteiger partial charge in [-0.05, 0) is 73.2 Å². The van der Waals surface area contributed by atoms with Gasteiger partial charge >= 0.3 is 0 Å². The lowest BCUT2D eigenvalue weighted by atomic mass is 9.98. The number of likely N-dealkylation sites (tertiary alicyclic amines) is 1. The fraction of sp³-hybridized carbons (Fsp3) is 0.321. The third kappa shape index (κ3) is 6.23. The van der Waals surface area contributed by atoms with E-state index < -0.39 is 10.0 Å². The molecule has 0 aromatic heterocycles. The topological polar surface area (TPSA) is 75.7 Å². The molecule has 1 aliphatic heterocycles. The van der Waals surface area contributed by atoms with Crippen molar-refractivity contribution in [3.63, 3.8) is 0 Å². The number of carbonyl (C=O) groups is 1. The molecule has 3 aromatic rings. The van der Waals surface area contributed by atoms with E-state index in [0.29, 0.717) is 30.4 Å². The second-order valence-electron chi connectivity index (χ2n) is 9.19. The number of methoxy groups -OCH3 is 1. The molecule has 0 radical (unpaired) electrons. The molecule has 36 heavy (non-hydrogen) atoms. The highest BCUT2D eigenvalue weighted by molar-refractivity contribution is 7.98. The zero-order chi connectivity index (χ0) is 25.7. The van der Waals surface area contributed by atoms with Crippen LogP contribution in [-0.4, -0.2) is 39.4 Å². The van der Waals surface area contributed by atoms with Crippen LogP contribution in [-0.2, 0) is 15.8 Å². The zero-order valence-corrected chi connectivity index (χ0v) is 22.5. The molecule has 0 bridgehead atoms. The summed E-state index contributed by atoms with van der Waals surface area (Å²) in [6.07, 6.45) is 1.87. The van der Waals surface area contributed by atoms with Gasteiger partial charge in [0, 0.05) is 23.7 Å². The highest BCUT2D eigenvalue weighted by Crippen LogP contribution is 2.29. The maximum absolute atomic E-state index is 13.3. The Morgan fingerprint density at radius 1 is 1.06 bits per heavy atom. The van der Waals surface area contributed by atoms with E-state index in [1.54, 1.807) is 28.8 Å². The minimum Gasteiger partial charge on any atom is -0.496 e. The first-order chi connectivity index (χ1) is 17.3. The summed E-state index contributed by atoms with van der Waals surface area (Å²) < 4.78 is 34.6. The van der Waals surface area contributed by atoms with E-state index in [1.807, 2.05) is 37.3 Å². The lowest BCUT2D eigenvalue weighted by Crippen LogP contribution is -2.38. The average molecular weight is 525 g/mol. The lowest BCUT2D eigenvalue weighted by Gasteiger charge is -2.30. The van der Waals surface area contributed by atoms with Crippen molar-refractivity contribution in [2.75, 3.05) is 24.9 Å². The van der Waals surface area contributed by atoms with Crippen molar-refractivity contribution < 1.29 is 17.9 Å². The Kier molecular flexibility index (Phi) is 8.26. The zero-order valence-electron chi connectivity index (χ0n) is 20.9. The Hall–Kier alpha value is -2.97. The van der Waals surface area contributed by atoms with E-state index in [-0.39, 0.29) is 16.4 Å². The van der Waals surface area contributed by atoms with E-state index >= 15 is 0 Å². The number of nitrogens with one attached hydrogen (secondary N) is 1. The van der Waals surface area contributed by atoms with Gasteiger partial charge in [0.15, 0.2) is 0 Å². The van der Waals surface area contributed by atoms with Crippen LogP contribution in [0.25, 0.3) is 0 Å². The maximum Gasteiger partial charge on any atom is 0.261 e. The van der Waals surface area contributed by atoms with Crippen molar-refractivity contribution in [3.05, 3.63) is 83.4 Å². The van der Waals surface area contributed by atoms with Crippen molar-refractivity contribution in [1.82, 2.24) is 4.90 Å². The Labute approximate surface area is 218 Å². The van der Waals surface area contributed by atoms with Crippen LogP contribution in [0.2, 0.25) is 0 Å². The molecule has 8 heteroatoms. The number of piperidine rings is 1. The van der Waals surface area contributed by atoms with Gasteiger partial charge in [0.1, 0.15) is 5.75 Å². The third-order valence-electron chi connectivity index (χ3n) is 6.47. The molecule has 1 fully saturated rings. The SMILES string of the molecule is COc1ccc(S(=O)(=O)Nc2ccc(CSc3ccccc3)cc2C)cc1C(=O)N1CCC(C)CC1. The molecular weight excluding hydrogens is 492 g/mol. The van der Waals surface area contributed by atoms with Crippen LogP contribution in [0.5, 0.6) is 5.75 Å². The Morgan fingerprint density at radius 2 is 1.78 bits per heavy atom. The first kappa shape index (κ1) is 26.1. The van der Waals surface area contributed by atoms with Gasteiger partial charge in [-0.25, -0.2) is 8.42 Å². The fourth-order valence-corrected chi connectivity index (χ4v) is 6.24. The fourth-order valence-electron chi connectivity index (χ4n) is 4.22. The third-order valence-corrected chi connectivity index (χ3v) is 8.91. The summed E-state index contributed by atoms with van der Waals surface area (Å²) >= 11 is 1.73. The van der Waals surface area contributed by atoms with E-state index in [2.05, 4.69) is 23.8 Å². The van der Waals surface area contributed by atoms with Gasteiger partial charge in [-0.2, -0.15) is 0 Å². The number of hydrogen-bond acceptors (Lipinski definition) is 5. The van der Waals surface area contributed by atoms with Gasteiger partial charge in [0.2, 0.25) is 0 Å². The molecule has 0 saturated carbocycles. The number of anilines is 1. The van der Waals surface area contributed by atoms with Crippen LogP contribution in [0, 0.1) is 12.8 Å². The molecule has 0 aliphatic carbocycles. The maximum atomic E-state index is 13.3. The molecule has 0 atom stereocenters. The number of hydrogen-bond donors (Lipinski definition) is 1. The Bertz CT molecular complexity index is 1320. The number of carbonyl (C=O) groups excluding carboxylic acids is 1. The number of aryl methyl sites for hydroxylation is 1. The summed E-state index contributed by atoms with van der Waals surface area (Å²) in [6.45, 7) is 5.38. The molecule has 190 valence electrons. The molecule has 1 heterocycles. The van der Waals surface area contributed by atoms with E-state index in [0.717, 1.165) is 29.7 Å². The number of rotatable bonds is 8. The average Bonchev–Trinajstić information content (AvgIpc) is 2.89. The molecule has 3 aromatic carbocycles. The standard InChI is InChI=1S/C28H32N2O4S2/c1-20-13-15-30(16-14-20)28(31)25-18-24(10-12-27(25)34-3)36(32,33)29-26-11-9-22(17-21(26)2)19-35-23-7-5-4-6-8-23/h4-12,17-18,20,29H,13-16,19H2,1-3H3. The number of amides is 1. The number of nitrogens with zero attached hydrogens (tertiary/aromatic N) is 1. The first-order valence-corrected chi connectivity index (χ1v) is 14.5. The Balaban J connectivity index is 1.51. The van der Waals surface area contributed by atoms with Crippen molar-refractivity contribution in [2.24, 2.45) is 5.92 Å². The molecule has 6 nitrogen and oxygen atoms in total. The Morgan fingerprint density at radius 3 is 2.44 bits per heavy atom. The smallest absolute Gasteiger partial charge is 0.261 e. The van der Waals surface area contributed by atoms with E-state index in [1.165, 1.54) is 24.1 Å². The number of sulfonamides is 1. The second kappa shape index (κ2) is 11.4. The molecule has 1 saturated heterocycles. The summed E-state index contributed by atoms with van der Waals surface area (Å²) in [6, 6.07) is 20.3. The quantitative estimate of drug-likeness (QED) is 0.368. The minimum atomic E-state index is -3.91. The molecular formula is C28H32N2O4S2. The van der Waals surface area contributed by atoms with Crippen LogP contribution in [0.1, 0.15) is 41.3 Å². The van der Waals surface area contributed by atoms with Gasteiger partial charge in [0.05, 0.1) is 23.3 Å². The summed E-state index contributed by atoms with van der Waals surface area (Å²) in [5.74, 6) is 1.54. The van der Waals surface area contributed by atoms with Crippen molar-refractivity contribution in [1.29, 1.82) is 0 Å². The van der Waals surface area contributed by atoms with Gasteiger partial charge in [-0.15, -0.1) is 11.8 Å². The second-order valence-corrected chi connectivity index (χ2v) is 11.9. The van der Waals surface area contributed by atoms with Gasteiger partial charge in [0.25, 0.3) is 15.9 Å². The molecule has 1 aliphatic rings. The predicted molar refractivity (Wildman–Crippen MR) is 145 cm³/mol. The number of ether oxygens (including phenoxy) is 1. The first-order valence-electron chi connectivity index (χ1n) is 12.0. The van der Waals surface area contributed by atoms with Crippen LogP contribution < -0.4 is 9.46 Å². The summed E-state index contributed by atoms with van der Waals surface area (Å²) in [5.41, 5.74) is 2.71. The highest BCUT2D eigenvalue weighted by atomic mass is 32.2. The highest BCUT2D eigenvalue weighted by Gasteiger charge is 2.26. The summed E-state index contributed by atoms with van der Waals surface area (Å²) in [4.78, 5) is 16.2. The van der Waals surface area contributed by atoms with Gasteiger partial charge in [-0.1, -0.05) is 37.3 Å². The van der Waals surface area contributed by atoms with E-state index in [4.69, 9.17) is 4.74 Å². The molecule has 1 N–H and O–H groups in total. The molecule has 4 rings (SSSR count). The van der Waals surface area contributed by atoms with Crippen LogP contribution in [0.15, 0.2) is 76.5 Å². The van der Waals surface area contributed by atoms with Gasteiger partial charge in [-0.3, -0.25) is 9.52 Å². The van der Waals surface area contributed by atoms with Crippen molar-refractivity contribution >= 4 is 33.4 Å². The molecule has 0 unspecified atom stereocenters. The molecule has 0 spiro atoms. The van der Waals surface area contributed by atoms with Crippen molar-refractivity contribution in [3.8, 4) is 5.75 Å². The number of thioether (sulfide) groups is 1. The normalized spacial score (nSPS) is 14.5. The minimum absolute atomic E-state index is 0.0279. The van der Waals surface area contributed by atoms with Crippen molar-refractivity contribution in [2.45, 2.75) is 42.2 Å². The van der Waals surface area contributed by atoms with Crippen LogP contribution in [0.4, 0.5) is 5.69 Å². The largest absolute Gasteiger partial charge is 0.496 e. The summed E-state index contributed by atoms with van der Waals surface area (Å²) in [7, 11) is -2.42. The summed E-state index contributed by atoms with van der Waals surface area (Å²) in [5, 5.41) is 0. The van der Waals surface area contributed by atoms with Gasteiger partial charge < -0.3 is 9.64 Å². The molecule has 1 amide bonds. The lowest BCUT2D eigenvalue weighted by molar-refractivity contribution is 0.0693.